The van der Waals surface area contributed by atoms with E-state index < -0.39 is 0 Å². The van der Waals surface area contributed by atoms with Crippen LogP contribution >= 0.6 is 22.6 Å². The first-order valence-corrected chi connectivity index (χ1v) is 8.45. The van der Waals surface area contributed by atoms with Gasteiger partial charge in [0.2, 0.25) is 0 Å². The van der Waals surface area contributed by atoms with Gasteiger partial charge in [-0.05, 0) is 29.1 Å². The van der Waals surface area contributed by atoms with E-state index in [1.165, 1.54) is 69.1 Å². The molecule has 1 aliphatic heterocycles. The Labute approximate surface area is 126 Å². The van der Waals surface area contributed by atoms with Crippen LogP contribution in [0.1, 0.15) is 51.4 Å². The van der Waals surface area contributed by atoms with Crippen molar-refractivity contribution in [3.05, 3.63) is 0 Å². The van der Waals surface area contributed by atoms with E-state index in [0.717, 1.165) is 13.0 Å². The first kappa shape index (κ1) is 16.3. The van der Waals surface area contributed by atoms with Gasteiger partial charge in [0.15, 0.2) is 0 Å². The maximum atomic E-state index is 8.71. The van der Waals surface area contributed by atoms with Gasteiger partial charge < -0.3 is 9.59 Å². The molecule has 0 aromatic carbocycles. The quantitative estimate of drug-likeness (QED) is 0.288. The molecule has 1 rings (SSSR count). The lowest BCUT2D eigenvalue weighted by atomic mass is 10.1. The van der Waals surface area contributed by atoms with E-state index in [1.54, 1.807) is 0 Å². The van der Waals surface area contributed by atoms with Crippen LogP contribution in [0.5, 0.6) is 0 Å². The van der Waals surface area contributed by atoms with Gasteiger partial charge in [0.25, 0.3) is 0 Å². The molecule has 0 aliphatic carbocycles. The van der Waals surface area contributed by atoms with E-state index in [9.17, 15) is 0 Å². The van der Waals surface area contributed by atoms with Crippen LogP contribution in [0.2, 0.25) is 0 Å². The minimum absolute atomic E-state index is 0.356. The molecule has 1 saturated heterocycles. The lowest BCUT2D eigenvalue weighted by Crippen LogP contribution is -2.46. The highest BCUT2D eigenvalue weighted by atomic mass is 127. The van der Waals surface area contributed by atoms with Crippen molar-refractivity contribution in [2.75, 3.05) is 32.8 Å². The van der Waals surface area contributed by atoms with Gasteiger partial charge in [-0.25, -0.2) is 0 Å². The first-order chi connectivity index (χ1) is 8.83. The smallest absolute Gasteiger partial charge is 0.141 e. The number of quaternary nitrogens is 1. The fourth-order valence-electron chi connectivity index (χ4n) is 2.93. The van der Waals surface area contributed by atoms with Crippen molar-refractivity contribution >= 4 is 22.6 Å². The summed E-state index contributed by atoms with van der Waals surface area (Å²) in [6.45, 7) is 5.43. The molecular weight excluding hydrogens is 337 g/mol. The summed E-state index contributed by atoms with van der Waals surface area (Å²) in [6.07, 6.45) is 10.3. The summed E-state index contributed by atoms with van der Waals surface area (Å²) in [5, 5.41) is 8.71. The standard InChI is InChI=1S/C15H27INO/c16-10-9-14-17(12-6-7-13-17)11-5-3-1-2-4-8-15-18/h18H,1-8,11-15H2/q+1. The van der Waals surface area contributed by atoms with Crippen LogP contribution < -0.4 is 0 Å². The average Bonchev–Trinajstić information content (AvgIpc) is 2.85. The zero-order valence-corrected chi connectivity index (χ0v) is 13.6. The topological polar surface area (TPSA) is 20.2 Å². The number of hydrogen-bond acceptors (Lipinski definition) is 1. The Morgan fingerprint density at radius 1 is 0.944 bits per heavy atom. The Kier molecular flexibility index (Phi) is 9.08. The fraction of sp³-hybridized carbons (Fsp3) is 0.867. The van der Waals surface area contributed by atoms with Crippen molar-refractivity contribution < 1.29 is 9.59 Å². The first-order valence-electron chi connectivity index (χ1n) is 7.37. The van der Waals surface area contributed by atoms with Gasteiger partial charge in [-0.2, -0.15) is 0 Å². The van der Waals surface area contributed by atoms with E-state index in [0.29, 0.717) is 6.61 Å². The van der Waals surface area contributed by atoms with Crippen LogP contribution in [0.4, 0.5) is 0 Å². The van der Waals surface area contributed by atoms with Crippen LogP contribution in [-0.2, 0) is 0 Å². The highest BCUT2D eigenvalue weighted by molar-refractivity contribution is 14.1. The molecule has 0 aromatic heterocycles. The Bertz CT molecular complexity index is 263. The lowest BCUT2D eigenvalue weighted by Gasteiger charge is -2.32. The normalized spacial score (nSPS) is 17.4. The van der Waals surface area contributed by atoms with Gasteiger partial charge in [-0.15, -0.1) is 0 Å². The summed E-state index contributed by atoms with van der Waals surface area (Å²) < 4.78 is 4.28. The molecule has 0 amide bonds. The Balaban J connectivity index is 2.12. The second kappa shape index (κ2) is 10.1. The number of nitrogens with zero attached hydrogens (tertiary/aromatic N) is 1. The van der Waals surface area contributed by atoms with Gasteiger partial charge >= 0.3 is 0 Å². The van der Waals surface area contributed by atoms with Gasteiger partial charge in [-0.3, -0.25) is 0 Å². The molecule has 0 bridgehead atoms. The summed E-state index contributed by atoms with van der Waals surface area (Å²) in [4.78, 5) is 0. The highest BCUT2D eigenvalue weighted by Crippen LogP contribution is 2.20. The third kappa shape index (κ3) is 6.40. The van der Waals surface area contributed by atoms with Crippen LogP contribution in [0.25, 0.3) is 0 Å². The van der Waals surface area contributed by atoms with Crippen LogP contribution in [0.3, 0.4) is 0 Å². The van der Waals surface area contributed by atoms with Crippen molar-refractivity contribution in [3.63, 3.8) is 0 Å². The van der Waals surface area contributed by atoms with Crippen molar-refractivity contribution in [3.8, 4) is 9.85 Å². The molecule has 0 radical (unpaired) electrons. The third-order valence-corrected chi connectivity index (χ3v) is 4.42. The molecule has 18 heavy (non-hydrogen) atoms. The number of hydrogen-bond donors (Lipinski definition) is 1. The van der Waals surface area contributed by atoms with E-state index in [4.69, 9.17) is 5.11 Å². The Hall–Kier alpha value is 0.210. The summed E-state index contributed by atoms with van der Waals surface area (Å²) in [7, 11) is 0. The van der Waals surface area contributed by atoms with E-state index >= 15 is 0 Å². The molecule has 0 saturated carbocycles. The zero-order chi connectivity index (χ0) is 13.1. The Morgan fingerprint density at radius 3 is 2.17 bits per heavy atom. The number of rotatable bonds is 9. The minimum Gasteiger partial charge on any atom is -0.396 e. The maximum Gasteiger partial charge on any atom is 0.141 e. The van der Waals surface area contributed by atoms with E-state index in [2.05, 4.69) is 32.4 Å². The predicted molar refractivity (Wildman–Crippen MR) is 85.5 cm³/mol. The minimum atomic E-state index is 0.356. The molecule has 104 valence electrons. The van der Waals surface area contributed by atoms with Gasteiger partial charge in [0.05, 0.1) is 19.6 Å². The van der Waals surface area contributed by atoms with Crippen molar-refractivity contribution in [1.29, 1.82) is 0 Å². The number of unbranched alkanes of at least 4 members (excludes halogenated alkanes) is 5. The van der Waals surface area contributed by atoms with Gasteiger partial charge in [-0.1, -0.05) is 19.3 Å². The molecule has 1 aliphatic rings. The Morgan fingerprint density at radius 2 is 1.56 bits per heavy atom. The molecule has 0 unspecified atom stereocenters. The van der Waals surface area contributed by atoms with Crippen LogP contribution in [0.15, 0.2) is 0 Å². The number of halogens is 1. The van der Waals surface area contributed by atoms with Crippen molar-refractivity contribution in [1.82, 2.24) is 0 Å². The maximum absolute atomic E-state index is 8.71. The van der Waals surface area contributed by atoms with E-state index in [1.807, 2.05) is 0 Å². The second-order valence-corrected chi connectivity index (χ2v) is 6.03. The molecule has 3 heteroatoms. The van der Waals surface area contributed by atoms with Gasteiger partial charge in [0.1, 0.15) is 6.54 Å². The second-order valence-electron chi connectivity index (χ2n) is 5.49. The number of aliphatic hydroxyl groups excluding tert-OH is 1. The fourth-order valence-corrected chi connectivity index (χ4v) is 3.10. The lowest BCUT2D eigenvalue weighted by molar-refractivity contribution is -0.910. The average molecular weight is 364 g/mol. The molecule has 1 heterocycles. The number of aliphatic hydroxyl groups is 1. The van der Waals surface area contributed by atoms with Crippen molar-refractivity contribution in [2.45, 2.75) is 51.4 Å². The summed E-state index contributed by atoms with van der Waals surface area (Å²) in [5.41, 5.74) is 0. The van der Waals surface area contributed by atoms with Gasteiger partial charge in [0, 0.05) is 42.0 Å². The summed E-state index contributed by atoms with van der Waals surface area (Å²) in [5.74, 6) is 3.28. The summed E-state index contributed by atoms with van der Waals surface area (Å²) >= 11 is 2.15. The third-order valence-electron chi connectivity index (χ3n) is 4.04. The summed E-state index contributed by atoms with van der Waals surface area (Å²) in [6, 6.07) is 0. The molecule has 1 fully saturated rings. The van der Waals surface area contributed by atoms with Crippen LogP contribution in [-0.4, -0.2) is 42.4 Å². The van der Waals surface area contributed by atoms with E-state index in [-0.39, 0.29) is 0 Å². The molecule has 1 N–H and O–H groups in total. The number of likely N-dealkylation sites (tertiary alicyclic amines) is 1. The highest BCUT2D eigenvalue weighted by Gasteiger charge is 2.30. The molecule has 0 aromatic rings. The molecule has 0 atom stereocenters. The van der Waals surface area contributed by atoms with Crippen molar-refractivity contribution in [2.24, 2.45) is 0 Å². The van der Waals surface area contributed by atoms with Crippen LogP contribution in [0, 0.1) is 9.85 Å². The molecular formula is C15H27INO+. The molecule has 0 spiro atoms. The molecule has 2 nitrogen and oxygen atoms in total. The zero-order valence-electron chi connectivity index (χ0n) is 11.5. The monoisotopic (exact) mass is 364 g/mol. The SMILES string of the molecule is OCCCCCCCC[N+]1(CC#CI)CCCC1. The predicted octanol–water partition coefficient (Wildman–Crippen LogP) is 3.33. The largest absolute Gasteiger partial charge is 0.396 e.